The summed E-state index contributed by atoms with van der Waals surface area (Å²) in [4.78, 5) is 35.4. The van der Waals surface area contributed by atoms with E-state index in [2.05, 4.69) is 15.1 Å². The smallest absolute Gasteiger partial charge is 0.262 e. The van der Waals surface area contributed by atoms with E-state index in [1.807, 2.05) is 65.6 Å². The number of rotatable bonds is 6. The van der Waals surface area contributed by atoms with E-state index < -0.39 is 0 Å². The van der Waals surface area contributed by atoms with Crippen molar-refractivity contribution in [2.75, 3.05) is 10.7 Å². The lowest BCUT2D eigenvalue weighted by Crippen LogP contribution is -2.42. The van der Waals surface area contributed by atoms with Crippen LogP contribution in [0, 0.1) is 0 Å². The number of amides is 1. The zero-order valence-electron chi connectivity index (χ0n) is 18.2. The number of hydrogen-bond acceptors (Lipinski definition) is 5. The second-order valence-electron chi connectivity index (χ2n) is 8.18. The molecular formula is C25H25N5O2S. The zero-order valence-corrected chi connectivity index (χ0v) is 19.0. The number of anilines is 1. The van der Waals surface area contributed by atoms with Crippen LogP contribution in [0.15, 0.2) is 76.8 Å². The Bertz CT molecular complexity index is 1300. The monoisotopic (exact) mass is 459 g/mol. The van der Waals surface area contributed by atoms with Crippen molar-refractivity contribution in [3.05, 3.63) is 77.2 Å². The van der Waals surface area contributed by atoms with E-state index in [1.165, 1.54) is 24.4 Å². The normalized spacial score (nSPS) is 14.4. The number of benzene rings is 2. The zero-order chi connectivity index (χ0) is 22.6. The van der Waals surface area contributed by atoms with Crippen molar-refractivity contribution in [1.29, 1.82) is 0 Å². The molecule has 168 valence electrons. The first kappa shape index (κ1) is 21.5. The van der Waals surface area contributed by atoms with Crippen molar-refractivity contribution < 1.29 is 4.79 Å². The Balaban J connectivity index is 1.40. The molecule has 7 nitrogen and oxygen atoms in total. The Morgan fingerprint density at radius 1 is 1.03 bits per heavy atom. The SMILES string of the molecule is O=C(CSc1nc2c(cnn2-c2ccccc2)c(=O)[nH]1)N(c1ccccc1)C1CCCCC1. The molecule has 5 rings (SSSR count). The van der Waals surface area contributed by atoms with Gasteiger partial charge in [-0.3, -0.25) is 9.59 Å². The minimum atomic E-state index is -0.260. The van der Waals surface area contributed by atoms with Gasteiger partial charge in [0, 0.05) is 11.7 Å². The third-order valence-electron chi connectivity index (χ3n) is 5.99. The highest BCUT2D eigenvalue weighted by atomic mass is 32.2. The summed E-state index contributed by atoms with van der Waals surface area (Å²) in [5.41, 5.74) is 1.97. The number of nitrogens with zero attached hydrogens (tertiary/aromatic N) is 4. The molecule has 2 heterocycles. The molecule has 0 radical (unpaired) electrons. The molecular weight excluding hydrogens is 434 g/mol. The first-order valence-corrected chi connectivity index (χ1v) is 12.2. The number of fused-ring (bicyclic) bond motifs is 1. The number of nitrogens with one attached hydrogen (secondary N) is 1. The van der Waals surface area contributed by atoms with Gasteiger partial charge in [-0.05, 0) is 37.1 Å². The lowest BCUT2D eigenvalue weighted by atomic mass is 9.93. The van der Waals surface area contributed by atoms with Gasteiger partial charge in [-0.15, -0.1) is 0 Å². The number of thioether (sulfide) groups is 1. The second kappa shape index (κ2) is 9.62. The van der Waals surface area contributed by atoms with Crippen molar-refractivity contribution >= 4 is 34.4 Å². The van der Waals surface area contributed by atoms with Crippen LogP contribution in [0.4, 0.5) is 5.69 Å². The maximum atomic E-state index is 13.4. The Kier molecular flexibility index (Phi) is 6.26. The van der Waals surface area contributed by atoms with Crippen LogP contribution in [0.5, 0.6) is 0 Å². The third-order valence-corrected chi connectivity index (χ3v) is 6.85. The van der Waals surface area contributed by atoms with Crippen LogP contribution in [0.1, 0.15) is 32.1 Å². The van der Waals surface area contributed by atoms with Crippen LogP contribution in [0.3, 0.4) is 0 Å². The molecule has 33 heavy (non-hydrogen) atoms. The maximum absolute atomic E-state index is 13.4. The fraction of sp³-hybridized carbons (Fsp3) is 0.280. The summed E-state index contributed by atoms with van der Waals surface area (Å²) in [5.74, 6) is 0.219. The molecule has 8 heteroatoms. The maximum Gasteiger partial charge on any atom is 0.262 e. The minimum absolute atomic E-state index is 0.0254. The average Bonchev–Trinajstić information content (AvgIpc) is 3.29. The van der Waals surface area contributed by atoms with Gasteiger partial charge >= 0.3 is 0 Å². The predicted molar refractivity (Wildman–Crippen MR) is 131 cm³/mol. The number of hydrogen-bond donors (Lipinski definition) is 1. The van der Waals surface area contributed by atoms with E-state index in [-0.39, 0.29) is 23.3 Å². The van der Waals surface area contributed by atoms with Crippen LogP contribution in [-0.4, -0.2) is 37.5 Å². The van der Waals surface area contributed by atoms with Gasteiger partial charge in [-0.1, -0.05) is 67.4 Å². The van der Waals surface area contributed by atoms with Crippen LogP contribution < -0.4 is 10.5 Å². The molecule has 1 fully saturated rings. The molecule has 2 aromatic heterocycles. The standard InChI is InChI=1S/C25H25N5O2S/c31-22(29(18-10-4-1-5-11-18)19-12-6-2-7-13-19)17-33-25-27-23-21(24(32)28-25)16-26-30(23)20-14-8-3-9-15-20/h1,3-5,8-11,14-16,19H,2,6-7,12-13,17H2,(H,27,28,32). The highest BCUT2D eigenvalue weighted by Crippen LogP contribution is 2.28. The first-order valence-electron chi connectivity index (χ1n) is 11.2. The van der Waals surface area contributed by atoms with Gasteiger partial charge < -0.3 is 9.88 Å². The van der Waals surface area contributed by atoms with Crippen molar-refractivity contribution in [2.45, 2.75) is 43.3 Å². The van der Waals surface area contributed by atoms with Crippen LogP contribution >= 0.6 is 11.8 Å². The van der Waals surface area contributed by atoms with E-state index in [0.717, 1.165) is 37.1 Å². The van der Waals surface area contributed by atoms with Gasteiger partial charge in [0.05, 0.1) is 17.6 Å². The lowest BCUT2D eigenvalue weighted by molar-refractivity contribution is -0.116. The highest BCUT2D eigenvalue weighted by Gasteiger charge is 2.27. The van der Waals surface area contributed by atoms with Gasteiger partial charge in [0.25, 0.3) is 5.56 Å². The molecule has 0 spiro atoms. The Morgan fingerprint density at radius 2 is 1.73 bits per heavy atom. The number of carbonyl (C=O) groups is 1. The molecule has 1 amide bonds. The predicted octanol–water partition coefficient (Wildman–Crippen LogP) is 4.57. The van der Waals surface area contributed by atoms with Crippen molar-refractivity contribution in [1.82, 2.24) is 19.7 Å². The quantitative estimate of drug-likeness (QED) is 0.337. The van der Waals surface area contributed by atoms with Gasteiger partial charge in [-0.2, -0.15) is 5.10 Å². The molecule has 4 aromatic rings. The van der Waals surface area contributed by atoms with E-state index in [9.17, 15) is 9.59 Å². The van der Waals surface area contributed by atoms with Crippen molar-refractivity contribution in [2.24, 2.45) is 0 Å². The second-order valence-corrected chi connectivity index (χ2v) is 9.14. The third kappa shape index (κ3) is 4.57. The molecule has 1 aliphatic rings. The van der Waals surface area contributed by atoms with E-state index in [0.29, 0.717) is 16.2 Å². The van der Waals surface area contributed by atoms with E-state index in [4.69, 9.17) is 0 Å². The molecule has 0 saturated heterocycles. The molecule has 1 N–H and O–H groups in total. The summed E-state index contributed by atoms with van der Waals surface area (Å²) in [7, 11) is 0. The lowest BCUT2D eigenvalue weighted by Gasteiger charge is -2.34. The Hall–Kier alpha value is -3.39. The number of para-hydroxylation sites is 2. The Morgan fingerprint density at radius 3 is 2.45 bits per heavy atom. The minimum Gasteiger partial charge on any atom is -0.309 e. The summed E-state index contributed by atoms with van der Waals surface area (Å²) in [6.45, 7) is 0. The van der Waals surface area contributed by atoms with Crippen molar-refractivity contribution in [3.8, 4) is 5.69 Å². The van der Waals surface area contributed by atoms with Gasteiger partial charge in [0.15, 0.2) is 10.8 Å². The molecule has 1 saturated carbocycles. The highest BCUT2D eigenvalue weighted by molar-refractivity contribution is 7.99. The summed E-state index contributed by atoms with van der Waals surface area (Å²) >= 11 is 1.25. The molecule has 2 aromatic carbocycles. The fourth-order valence-electron chi connectivity index (χ4n) is 4.41. The molecule has 0 atom stereocenters. The van der Waals surface area contributed by atoms with Crippen LogP contribution in [0.2, 0.25) is 0 Å². The summed E-state index contributed by atoms with van der Waals surface area (Å²) < 4.78 is 1.65. The van der Waals surface area contributed by atoms with Crippen LogP contribution in [-0.2, 0) is 4.79 Å². The molecule has 1 aliphatic carbocycles. The average molecular weight is 460 g/mol. The van der Waals surface area contributed by atoms with Crippen LogP contribution in [0.25, 0.3) is 16.7 Å². The summed E-state index contributed by atoms with van der Waals surface area (Å²) in [5, 5.41) is 5.17. The first-order chi connectivity index (χ1) is 16.2. The molecule has 0 aliphatic heterocycles. The number of H-pyrrole nitrogens is 1. The van der Waals surface area contributed by atoms with Gasteiger partial charge in [-0.25, -0.2) is 9.67 Å². The number of aromatic amines is 1. The molecule has 0 unspecified atom stereocenters. The van der Waals surface area contributed by atoms with E-state index >= 15 is 0 Å². The largest absolute Gasteiger partial charge is 0.309 e. The van der Waals surface area contributed by atoms with Gasteiger partial charge in [0.1, 0.15) is 5.39 Å². The van der Waals surface area contributed by atoms with E-state index in [1.54, 1.807) is 4.68 Å². The molecule has 0 bridgehead atoms. The topological polar surface area (TPSA) is 83.9 Å². The number of carbonyl (C=O) groups excluding carboxylic acids is 1. The summed E-state index contributed by atoms with van der Waals surface area (Å²) in [6, 6.07) is 19.6. The van der Waals surface area contributed by atoms with Gasteiger partial charge in [0.2, 0.25) is 5.91 Å². The fourth-order valence-corrected chi connectivity index (χ4v) is 5.13. The summed E-state index contributed by atoms with van der Waals surface area (Å²) in [6.07, 6.45) is 7.06. The Labute approximate surface area is 195 Å². The number of aromatic nitrogens is 4. The van der Waals surface area contributed by atoms with Crippen molar-refractivity contribution in [3.63, 3.8) is 0 Å².